The molecule has 0 aliphatic carbocycles. The highest BCUT2D eigenvalue weighted by atomic mass is 32.2. The van der Waals surface area contributed by atoms with Crippen molar-refractivity contribution in [1.82, 2.24) is 10.3 Å². The molecule has 1 aromatic heterocycles. The molecule has 0 atom stereocenters. The number of rotatable bonds is 6. The van der Waals surface area contributed by atoms with E-state index >= 15 is 0 Å². The van der Waals surface area contributed by atoms with Crippen LogP contribution in [0.2, 0.25) is 0 Å². The number of ether oxygens (including phenoxy) is 1. The van der Waals surface area contributed by atoms with E-state index in [1.54, 1.807) is 50.4 Å². The Kier molecular flexibility index (Phi) is 5.09. The Hall–Kier alpha value is -3.00. The van der Waals surface area contributed by atoms with Crippen LogP contribution in [-0.2, 0) is 10.0 Å². The first kappa shape index (κ1) is 18.8. The molecule has 0 bridgehead atoms. The number of hydrogen-bond donors (Lipinski definition) is 3. The number of nitrogens with one attached hydrogen (secondary N) is 3. The summed E-state index contributed by atoms with van der Waals surface area (Å²) >= 11 is 0. The quantitative estimate of drug-likeness (QED) is 0.605. The fourth-order valence-corrected chi connectivity index (χ4v) is 4.12. The standard InChI is InChI=1S/C19H21N3O4S/c1-4-26-15-6-8-18(12(2)9-15)27(24,25)22-14-5-7-16-13(10-14)11-17(21-16)19(23)20-3/h5-11,21-22H,4H2,1-3H3,(H,20,23). The van der Waals surface area contributed by atoms with Crippen molar-refractivity contribution in [3.8, 4) is 5.75 Å². The fraction of sp³-hybridized carbons (Fsp3) is 0.211. The molecule has 1 heterocycles. The summed E-state index contributed by atoms with van der Waals surface area (Å²) in [4.78, 5) is 14.9. The summed E-state index contributed by atoms with van der Waals surface area (Å²) in [6, 6.07) is 11.6. The zero-order valence-corrected chi connectivity index (χ0v) is 16.1. The third-order valence-corrected chi connectivity index (χ3v) is 5.63. The zero-order valence-electron chi connectivity index (χ0n) is 15.3. The van der Waals surface area contributed by atoms with Gasteiger partial charge in [0.05, 0.1) is 11.5 Å². The van der Waals surface area contributed by atoms with Gasteiger partial charge >= 0.3 is 0 Å². The van der Waals surface area contributed by atoms with Crippen molar-refractivity contribution in [2.24, 2.45) is 0 Å². The van der Waals surface area contributed by atoms with Crippen molar-refractivity contribution < 1.29 is 17.9 Å². The molecule has 0 fully saturated rings. The molecule has 0 aliphatic heterocycles. The van der Waals surface area contributed by atoms with E-state index in [0.29, 0.717) is 29.3 Å². The van der Waals surface area contributed by atoms with Crippen molar-refractivity contribution >= 4 is 32.5 Å². The van der Waals surface area contributed by atoms with E-state index in [1.807, 2.05) is 6.92 Å². The topological polar surface area (TPSA) is 100 Å². The summed E-state index contributed by atoms with van der Waals surface area (Å²) in [5.41, 5.74) is 2.17. The molecule has 1 amide bonds. The van der Waals surface area contributed by atoms with Gasteiger partial charge in [0, 0.05) is 23.6 Å². The van der Waals surface area contributed by atoms with Gasteiger partial charge in [-0.25, -0.2) is 8.42 Å². The largest absolute Gasteiger partial charge is 0.494 e. The van der Waals surface area contributed by atoms with E-state index in [2.05, 4.69) is 15.0 Å². The number of carbonyl (C=O) groups is 1. The minimum Gasteiger partial charge on any atom is -0.494 e. The first-order valence-corrected chi connectivity index (χ1v) is 9.93. The number of carbonyl (C=O) groups excluding carboxylic acids is 1. The molecular formula is C19H21N3O4S. The van der Waals surface area contributed by atoms with Crippen LogP contribution in [0.3, 0.4) is 0 Å². The highest BCUT2D eigenvalue weighted by Gasteiger charge is 2.18. The molecule has 142 valence electrons. The average molecular weight is 387 g/mol. The summed E-state index contributed by atoms with van der Waals surface area (Å²) in [5.74, 6) is 0.391. The Labute approximate surface area is 157 Å². The molecule has 8 heteroatoms. The van der Waals surface area contributed by atoms with Gasteiger partial charge in [-0.3, -0.25) is 9.52 Å². The van der Waals surface area contributed by atoms with Crippen molar-refractivity contribution in [3.05, 3.63) is 53.7 Å². The van der Waals surface area contributed by atoms with Gasteiger partial charge in [0.25, 0.3) is 15.9 Å². The normalized spacial score (nSPS) is 11.4. The van der Waals surface area contributed by atoms with E-state index in [9.17, 15) is 13.2 Å². The maximum atomic E-state index is 12.8. The van der Waals surface area contributed by atoms with Crippen LogP contribution in [-0.4, -0.2) is 33.0 Å². The molecule has 0 unspecified atom stereocenters. The van der Waals surface area contributed by atoms with Gasteiger partial charge in [0.15, 0.2) is 0 Å². The highest BCUT2D eigenvalue weighted by Crippen LogP contribution is 2.25. The van der Waals surface area contributed by atoms with Crippen molar-refractivity contribution in [2.45, 2.75) is 18.7 Å². The smallest absolute Gasteiger partial charge is 0.267 e. The van der Waals surface area contributed by atoms with Crippen LogP contribution < -0.4 is 14.8 Å². The number of hydrogen-bond acceptors (Lipinski definition) is 4. The van der Waals surface area contributed by atoms with Crippen molar-refractivity contribution in [1.29, 1.82) is 0 Å². The van der Waals surface area contributed by atoms with Gasteiger partial charge in [0.1, 0.15) is 11.4 Å². The molecule has 3 rings (SSSR count). The summed E-state index contributed by atoms with van der Waals surface area (Å²) in [7, 11) is -2.21. The number of amides is 1. The van der Waals surface area contributed by atoms with Crippen LogP contribution in [0.4, 0.5) is 5.69 Å². The molecule has 7 nitrogen and oxygen atoms in total. The van der Waals surface area contributed by atoms with Gasteiger partial charge in [0.2, 0.25) is 0 Å². The Bertz CT molecular complexity index is 1100. The second-order valence-electron chi connectivity index (χ2n) is 6.03. The lowest BCUT2D eigenvalue weighted by Crippen LogP contribution is -2.17. The number of aromatic nitrogens is 1. The number of aromatic amines is 1. The molecule has 0 saturated heterocycles. The number of anilines is 1. The second-order valence-corrected chi connectivity index (χ2v) is 7.68. The Balaban J connectivity index is 1.90. The summed E-state index contributed by atoms with van der Waals surface area (Å²) in [5, 5.41) is 3.28. The number of sulfonamides is 1. The fourth-order valence-electron chi connectivity index (χ4n) is 2.84. The lowest BCUT2D eigenvalue weighted by Gasteiger charge is -2.12. The van der Waals surface area contributed by atoms with Crippen LogP contribution >= 0.6 is 0 Å². The molecule has 3 aromatic rings. The monoisotopic (exact) mass is 387 g/mol. The molecule has 2 aromatic carbocycles. The lowest BCUT2D eigenvalue weighted by atomic mass is 10.2. The third kappa shape index (κ3) is 3.90. The SMILES string of the molecule is CCOc1ccc(S(=O)(=O)Nc2ccc3[nH]c(C(=O)NC)cc3c2)c(C)c1. The highest BCUT2D eigenvalue weighted by molar-refractivity contribution is 7.92. The molecule has 0 saturated carbocycles. The van der Waals surface area contributed by atoms with Crippen LogP contribution in [0.25, 0.3) is 10.9 Å². The number of fused-ring (bicyclic) bond motifs is 1. The molecule has 0 spiro atoms. The van der Waals surface area contributed by atoms with Crippen LogP contribution in [0, 0.1) is 6.92 Å². The maximum Gasteiger partial charge on any atom is 0.267 e. The predicted molar refractivity (Wildman–Crippen MR) is 105 cm³/mol. The zero-order chi connectivity index (χ0) is 19.6. The lowest BCUT2D eigenvalue weighted by molar-refractivity contribution is 0.0959. The van der Waals surface area contributed by atoms with Crippen molar-refractivity contribution in [3.63, 3.8) is 0 Å². The van der Waals surface area contributed by atoms with E-state index in [4.69, 9.17) is 4.74 Å². The summed E-state index contributed by atoms with van der Waals surface area (Å²) < 4.78 is 33.5. The number of H-pyrrole nitrogens is 1. The van der Waals surface area contributed by atoms with Gasteiger partial charge in [-0.2, -0.15) is 0 Å². The molecular weight excluding hydrogens is 366 g/mol. The third-order valence-electron chi connectivity index (χ3n) is 4.09. The summed E-state index contributed by atoms with van der Waals surface area (Å²) in [6.07, 6.45) is 0. The Morgan fingerprint density at radius 1 is 1.15 bits per heavy atom. The first-order valence-electron chi connectivity index (χ1n) is 8.45. The van der Waals surface area contributed by atoms with Gasteiger partial charge < -0.3 is 15.0 Å². The van der Waals surface area contributed by atoms with Crippen LogP contribution in [0.1, 0.15) is 23.0 Å². The van der Waals surface area contributed by atoms with Crippen molar-refractivity contribution in [2.75, 3.05) is 18.4 Å². The molecule has 27 heavy (non-hydrogen) atoms. The van der Waals surface area contributed by atoms with Gasteiger partial charge in [-0.15, -0.1) is 0 Å². The van der Waals surface area contributed by atoms with E-state index < -0.39 is 10.0 Å². The van der Waals surface area contributed by atoms with E-state index in [1.165, 1.54) is 6.07 Å². The minimum atomic E-state index is -3.75. The van der Waals surface area contributed by atoms with Gasteiger partial charge in [-0.05, 0) is 61.9 Å². The average Bonchev–Trinajstić information content (AvgIpc) is 3.04. The maximum absolute atomic E-state index is 12.8. The van der Waals surface area contributed by atoms with Crippen LogP contribution in [0.5, 0.6) is 5.75 Å². The number of benzene rings is 2. The first-order chi connectivity index (χ1) is 12.8. The minimum absolute atomic E-state index is 0.186. The second kappa shape index (κ2) is 7.32. The van der Waals surface area contributed by atoms with E-state index in [-0.39, 0.29) is 10.8 Å². The Morgan fingerprint density at radius 3 is 2.59 bits per heavy atom. The predicted octanol–water partition coefficient (Wildman–Crippen LogP) is 3.04. The van der Waals surface area contributed by atoms with E-state index in [0.717, 1.165) is 10.9 Å². The Morgan fingerprint density at radius 2 is 1.93 bits per heavy atom. The molecule has 3 N–H and O–H groups in total. The molecule has 0 radical (unpaired) electrons. The number of aryl methyl sites for hydroxylation is 1. The summed E-state index contributed by atoms with van der Waals surface area (Å²) in [6.45, 7) is 4.11. The van der Waals surface area contributed by atoms with Crippen LogP contribution in [0.15, 0.2) is 47.4 Å². The molecule has 0 aliphatic rings. The van der Waals surface area contributed by atoms with Gasteiger partial charge in [-0.1, -0.05) is 0 Å².